The van der Waals surface area contributed by atoms with Gasteiger partial charge in [-0.2, -0.15) is 0 Å². The van der Waals surface area contributed by atoms with Crippen LogP contribution in [0.3, 0.4) is 0 Å². The van der Waals surface area contributed by atoms with Gasteiger partial charge in [-0.05, 0) is 51.7 Å². The molecule has 3 atom stereocenters. The second-order valence-corrected chi connectivity index (χ2v) is 8.09. The summed E-state index contributed by atoms with van der Waals surface area (Å²) in [4.78, 5) is 31.6. The summed E-state index contributed by atoms with van der Waals surface area (Å²) in [5, 5.41) is 3.28. The van der Waals surface area contributed by atoms with Crippen LogP contribution in [0.25, 0.3) is 0 Å². The number of fused-ring (bicyclic) bond motifs is 1. The summed E-state index contributed by atoms with van der Waals surface area (Å²) in [6.07, 6.45) is 4.47. The predicted molar refractivity (Wildman–Crippen MR) is 110 cm³/mol. The Hall–Kier alpha value is -1.14. The van der Waals surface area contributed by atoms with E-state index in [1.807, 2.05) is 11.8 Å². The molecule has 0 bridgehead atoms. The molecule has 1 aliphatic heterocycles. The van der Waals surface area contributed by atoms with Crippen molar-refractivity contribution in [1.82, 2.24) is 20.0 Å². The highest BCUT2D eigenvalue weighted by atomic mass is 16.2. The predicted octanol–water partition coefficient (Wildman–Crippen LogP) is 2.58. The number of hydrogen-bond acceptors (Lipinski definition) is 4. The summed E-state index contributed by atoms with van der Waals surface area (Å²) in [5.74, 6) is 0.802. The van der Waals surface area contributed by atoms with Gasteiger partial charge in [-0.15, -0.1) is 0 Å². The van der Waals surface area contributed by atoms with Crippen molar-refractivity contribution in [3.63, 3.8) is 0 Å². The van der Waals surface area contributed by atoms with Crippen molar-refractivity contribution >= 4 is 11.8 Å². The van der Waals surface area contributed by atoms with Gasteiger partial charge < -0.3 is 15.1 Å². The number of rotatable bonds is 9. The van der Waals surface area contributed by atoms with Gasteiger partial charge in [-0.25, -0.2) is 4.79 Å². The van der Waals surface area contributed by atoms with Crippen LogP contribution >= 0.6 is 0 Å². The lowest BCUT2D eigenvalue weighted by Crippen LogP contribution is -2.59. The number of likely N-dealkylation sites (N-methyl/N-ethyl adjacent to an activating group) is 2. The lowest BCUT2D eigenvalue weighted by molar-refractivity contribution is -0.124. The summed E-state index contributed by atoms with van der Waals surface area (Å²) < 4.78 is 0. The third-order valence-corrected chi connectivity index (χ3v) is 6.35. The molecule has 1 aliphatic carbocycles. The SMILES string of the molecule is CCCN1C[C@@H](NC(=O)N(CC)CCN(CC)CC)C[C@@H]2CC(=O)CC[C@H]21. The first-order chi connectivity index (χ1) is 13.0. The molecule has 0 spiro atoms. The second-order valence-electron chi connectivity index (χ2n) is 8.09. The van der Waals surface area contributed by atoms with E-state index in [1.54, 1.807) is 0 Å². The first kappa shape index (κ1) is 22.2. The van der Waals surface area contributed by atoms with E-state index < -0.39 is 0 Å². The molecular formula is C21H40N4O2. The maximum Gasteiger partial charge on any atom is 0.317 e. The highest BCUT2D eigenvalue weighted by Gasteiger charge is 2.39. The van der Waals surface area contributed by atoms with Crippen LogP contribution in [-0.2, 0) is 4.79 Å². The van der Waals surface area contributed by atoms with Crippen molar-refractivity contribution in [1.29, 1.82) is 0 Å². The number of carbonyl (C=O) groups excluding carboxylic acids is 2. The molecule has 1 saturated heterocycles. The van der Waals surface area contributed by atoms with Crippen LogP contribution in [-0.4, -0.2) is 84.4 Å². The fourth-order valence-corrected chi connectivity index (χ4v) is 4.77. The first-order valence-electron chi connectivity index (χ1n) is 11.1. The molecule has 0 radical (unpaired) electrons. The zero-order valence-electron chi connectivity index (χ0n) is 17.9. The molecule has 156 valence electrons. The summed E-state index contributed by atoms with van der Waals surface area (Å²) in [6, 6.07) is 0.728. The maximum atomic E-state index is 12.8. The van der Waals surface area contributed by atoms with Crippen LogP contribution in [0.4, 0.5) is 4.79 Å². The van der Waals surface area contributed by atoms with Crippen LogP contribution in [0.1, 0.15) is 59.8 Å². The molecule has 1 N–H and O–H groups in total. The van der Waals surface area contributed by atoms with Gasteiger partial charge in [0.1, 0.15) is 5.78 Å². The van der Waals surface area contributed by atoms with E-state index in [1.165, 1.54) is 0 Å². The summed E-state index contributed by atoms with van der Waals surface area (Å²) in [6.45, 7) is 15.0. The van der Waals surface area contributed by atoms with E-state index in [9.17, 15) is 9.59 Å². The minimum Gasteiger partial charge on any atom is -0.334 e. The quantitative estimate of drug-likeness (QED) is 0.668. The van der Waals surface area contributed by atoms with Gasteiger partial charge in [0.15, 0.2) is 0 Å². The standard InChI is InChI=1S/C21H40N4O2/c1-5-11-25-16-18(14-17-15-19(26)9-10-20(17)25)22-21(27)24(8-4)13-12-23(6-2)7-3/h17-18,20H,5-16H2,1-4H3,(H,22,27)/t17-,18+,20-/m1/s1. The van der Waals surface area contributed by atoms with E-state index in [-0.39, 0.29) is 12.1 Å². The fraction of sp³-hybridized carbons (Fsp3) is 0.905. The lowest BCUT2D eigenvalue weighted by Gasteiger charge is -2.47. The third-order valence-electron chi connectivity index (χ3n) is 6.35. The summed E-state index contributed by atoms with van der Waals surface area (Å²) in [7, 11) is 0. The van der Waals surface area contributed by atoms with Gasteiger partial charge in [0.25, 0.3) is 0 Å². The van der Waals surface area contributed by atoms with Gasteiger partial charge in [-0.1, -0.05) is 20.8 Å². The van der Waals surface area contributed by atoms with Crippen molar-refractivity contribution in [3.8, 4) is 0 Å². The smallest absolute Gasteiger partial charge is 0.317 e. The molecule has 1 saturated carbocycles. The number of nitrogens with one attached hydrogen (secondary N) is 1. The monoisotopic (exact) mass is 380 g/mol. The van der Waals surface area contributed by atoms with Crippen molar-refractivity contribution in [2.45, 2.75) is 71.9 Å². The average Bonchev–Trinajstić information content (AvgIpc) is 2.65. The van der Waals surface area contributed by atoms with E-state index in [2.05, 4.69) is 35.9 Å². The van der Waals surface area contributed by atoms with Gasteiger partial charge >= 0.3 is 6.03 Å². The Morgan fingerprint density at radius 2 is 1.89 bits per heavy atom. The van der Waals surface area contributed by atoms with Gasteiger partial charge in [-0.3, -0.25) is 9.69 Å². The molecule has 6 heteroatoms. The number of urea groups is 1. The van der Waals surface area contributed by atoms with Crippen LogP contribution in [0, 0.1) is 5.92 Å². The van der Waals surface area contributed by atoms with Crippen LogP contribution < -0.4 is 5.32 Å². The Morgan fingerprint density at radius 3 is 2.52 bits per heavy atom. The second kappa shape index (κ2) is 11.0. The molecule has 0 aromatic heterocycles. The summed E-state index contributed by atoms with van der Waals surface area (Å²) >= 11 is 0. The van der Waals surface area contributed by atoms with E-state index in [0.29, 0.717) is 24.2 Å². The number of piperidine rings is 1. The molecule has 2 rings (SSSR count). The number of likely N-dealkylation sites (tertiary alicyclic amines) is 1. The van der Waals surface area contributed by atoms with Crippen molar-refractivity contribution in [2.24, 2.45) is 5.92 Å². The van der Waals surface area contributed by atoms with E-state index in [4.69, 9.17) is 0 Å². The number of carbonyl (C=O) groups is 2. The minimum absolute atomic E-state index is 0.0479. The van der Waals surface area contributed by atoms with E-state index in [0.717, 1.165) is 71.5 Å². The Morgan fingerprint density at radius 1 is 1.15 bits per heavy atom. The average molecular weight is 381 g/mol. The number of hydrogen-bond donors (Lipinski definition) is 1. The maximum absolute atomic E-state index is 12.8. The van der Waals surface area contributed by atoms with E-state index >= 15 is 0 Å². The Kier molecular flexibility index (Phi) is 9.03. The van der Waals surface area contributed by atoms with Crippen molar-refractivity contribution in [2.75, 3.05) is 45.8 Å². The normalized spacial score (nSPS) is 26.1. The molecule has 2 fully saturated rings. The summed E-state index contributed by atoms with van der Waals surface area (Å²) in [5.41, 5.74) is 0. The number of nitrogens with zero attached hydrogens (tertiary/aromatic N) is 3. The first-order valence-corrected chi connectivity index (χ1v) is 11.1. The highest BCUT2D eigenvalue weighted by molar-refractivity contribution is 5.79. The van der Waals surface area contributed by atoms with Crippen molar-refractivity contribution < 1.29 is 9.59 Å². The molecule has 2 amide bonds. The number of Topliss-reactive ketones (excluding diaryl/α,β-unsaturated/α-hetero) is 1. The molecular weight excluding hydrogens is 340 g/mol. The Bertz CT molecular complexity index is 481. The Labute approximate surface area is 165 Å². The lowest BCUT2D eigenvalue weighted by atomic mass is 9.76. The fourth-order valence-electron chi connectivity index (χ4n) is 4.77. The van der Waals surface area contributed by atoms with Gasteiger partial charge in [0.05, 0.1) is 0 Å². The molecule has 1 heterocycles. The van der Waals surface area contributed by atoms with Crippen molar-refractivity contribution in [3.05, 3.63) is 0 Å². The Balaban J connectivity index is 1.93. The molecule has 0 aromatic rings. The van der Waals surface area contributed by atoms with Crippen LogP contribution in [0.15, 0.2) is 0 Å². The minimum atomic E-state index is 0.0479. The zero-order chi connectivity index (χ0) is 19.8. The number of amides is 2. The largest absolute Gasteiger partial charge is 0.334 e. The number of ketones is 1. The third kappa shape index (κ3) is 6.18. The molecule has 6 nitrogen and oxygen atoms in total. The van der Waals surface area contributed by atoms with Gasteiger partial charge in [0.2, 0.25) is 0 Å². The highest BCUT2D eigenvalue weighted by Crippen LogP contribution is 2.34. The zero-order valence-corrected chi connectivity index (χ0v) is 17.9. The molecule has 0 unspecified atom stereocenters. The van der Waals surface area contributed by atoms with Crippen LogP contribution in [0.5, 0.6) is 0 Å². The molecule has 27 heavy (non-hydrogen) atoms. The topological polar surface area (TPSA) is 55.9 Å². The molecule has 2 aliphatic rings. The van der Waals surface area contributed by atoms with Gasteiger partial charge in [0, 0.05) is 51.1 Å². The molecule has 0 aromatic carbocycles. The van der Waals surface area contributed by atoms with Crippen LogP contribution in [0.2, 0.25) is 0 Å².